The Labute approximate surface area is 203 Å². The van der Waals surface area contributed by atoms with Crippen LogP contribution >= 0.6 is 0 Å². The van der Waals surface area contributed by atoms with Gasteiger partial charge in [-0.1, -0.05) is 26.0 Å². The molecule has 2 aromatic rings. The van der Waals surface area contributed by atoms with E-state index < -0.39 is 22.7 Å². The van der Waals surface area contributed by atoms with Gasteiger partial charge in [0.15, 0.2) is 0 Å². The van der Waals surface area contributed by atoms with Crippen LogP contribution in [0.1, 0.15) is 63.1 Å². The fourth-order valence-electron chi connectivity index (χ4n) is 5.05. The molecule has 1 atom stereocenters. The first-order valence-corrected chi connectivity index (χ1v) is 11.7. The number of hydrogen-bond acceptors (Lipinski definition) is 5. The summed E-state index contributed by atoms with van der Waals surface area (Å²) in [5, 5.41) is 13.4. The summed E-state index contributed by atoms with van der Waals surface area (Å²) in [6.07, 6.45) is 3.23. The van der Waals surface area contributed by atoms with Gasteiger partial charge in [-0.25, -0.2) is 9.18 Å². The number of anilines is 1. The van der Waals surface area contributed by atoms with Crippen LogP contribution in [0.3, 0.4) is 0 Å². The van der Waals surface area contributed by atoms with Gasteiger partial charge >= 0.3 is 6.03 Å². The Morgan fingerprint density at radius 2 is 1.91 bits per heavy atom. The Morgan fingerprint density at radius 3 is 2.54 bits per heavy atom. The van der Waals surface area contributed by atoms with Crippen molar-refractivity contribution in [2.24, 2.45) is 0 Å². The zero-order valence-corrected chi connectivity index (χ0v) is 20.3. The maximum Gasteiger partial charge on any atom is 0.329 e. The standard InChI is InChI=1S/C26H29FN4O4/c1-5-10-30-23-13-21(27)18(11-20(23)16(2)14-26(30,3)4)12-22-24(32)29(25(33)28-22)15-17-6-8-19(9-7-17)31(34)35/h6-9,11-13,16H,5,10,14-15H2,1-4H3,(H,28,33)/b22-12+. The first kappa shape index (κ1) is 24.4. The molecule has 0 radical (unpaired) electrons. The van der Waals surface area contributed by atoms with Gasteiger partial charge in [0.1, 0.15) is 11.5 Å². The predicted octanol–water partition coefficient (Wildman–Crippen LogP) is 5.33. The van der Waals surface area contributed by atoms with Crippen LogP contribution in [0.4, 0.5) is 20.6 Å². The first-order valence-electron chi connectivity index (χ1n) is 11.7. The predicted molar refractivity (Wildman–Crippen MR) is 131 cm³/mol. The molecule has 0 saturated carbocycles. The third kappa shape index (κ3) is 4.62. The number of nitro groups is 1. The number of non-ortho nitro benzene ring substituents is 1. The van der Waals surface area contributed by atoms with Gasteiger partial charge < -0.3 is 10.2 Å². The highest BCUT2D eigenvalue weighted by Gasteiger charge is 2.37. The van der Waals surface area contributed by atoms with E-state index in [1.807, 2.05) is 0 Å². The van der Waals surface area contributed by atoms with E-state index in [0.717, 1.165) is 35.5 Å². The molecule has 0 bridgehead atoms. The number of nitrogens with zero attached hydrogens (tertiary/aromatic N) is 3. The Kier molecular flexibility index (Phi) is 6.36. The summed E-state index contributed by atoms with van der Waals surface area (Å²) in [5.74, 6) is -0.830. The highest BCUT2D eigenvalue weighted by Crippen LogP contribution is 2.44. The lowest BCUT2D eigenvalue weighted by molar-refractivity contribution is -0.384. The third-order valence-corrected chi connectivity index (χ3v) is 6.70. The molecule has 3 amide bonds. The molecule has 1 saturated heterocycles. The summed E-state index contributed by atoms with van der Waals surface area (Å²) in [6.45, 7) is 9.32. The van der Waals surface area contributed by atoms with Crippen molar-refractivity contribution >= 4 is 29.4 Å². The molecule has 0 aromatic heterocycles. The molecule has 2 heterocycles. The molecule has 1 unspecified atom stereocenters. The van der Waals surface area contributed by atoms with Crippen LogP contribution in [-0.4, -0.2) is 33.8 Å². The van der Waals surface area contributed by atoms with Crippen LogP contribution in [0.15, 0.2) is 42.1 Å². The molecule has 9 heteroatoms. The van der Waals surface area contributed by atoms with Crippen LogP contribution in [0, 0.1) is 15.9 Å². The van der Waals surface area contributed by atoms with E-state index in [9.17, 15) is 19.7 Å². The summed E-state index contributed by atoms with van der Waals surface area (Å²) in [6, 6.07) is 8.31. The number of rotatable bonds is 6. The number of hydrogen-bond donors (Lipinski definition) is 1. The van der Waals surface area contributed by atoms with Gasteiger partial charge in [-0.3, -0.25) is 19.8 Å². The molecule has 2 aromatic carbocycles. The fraction of sp³-hybridized carbons (Fsp3) is 0.385. The number of nitro benzene ring substituents is 1. The molecule has 1 fully saturated rings. The molecule has 0 spiro atoms. The van der Waals surface area contributed by atoms with Crippen molar-refractivity contribution in [2.45, 2.75) is 58.5 Å². The second-order valence-corrected chi connectivity index (χ2v) is 9.80. The van der Waals surface area contributed by atoms with Crippen LogP contribution in [0.25, 0.3) is 6.08 Å². The summed E-state index contributed by atoms with van der Waals surface area (Å²) < 4.78 is 15.2. The molecule has 0 aliphatic carbocycles. The monoisotopic (exact) mass is 480 g/mol. The number of nitrogens with one attached hydrogen (secondary N) is 1. The van der Waals surface area contributed by atoms with Crippen molar-refractivity contribution in [3.8, 4) is 0 Å². The number of fused-ring (bicyclic) bond motifs is 1. The molecular weight excluding hydrogens is 451 g/mol. The number of amides is 3. The zero-order valence-electron chi connectivity index (χ0n) is 20.3. The van der Waals surface area contributed by atoms with Crippen LogP contribution in [0.5, 0.6) is 0 Å². The third-order valence-electron chi connectivity index (χ3n) is 6.70. The Bertz CT molecular complexity index is 1220. The topological polar surface area (TPSA) is 95.8 Å². The van der Waals surface area contributed by atoms with Crippen molar-refractivity contribution in [2.75, 3.05) is 11.4 Å². The second-order valence-electron chi connectivity index (χ2n) is 9.80. The summed E-state index contributed by atoms with van der Waals surface area (Å²) >= 11 is 0. The highest BCUT2D eigenvalue weighted by molar-refractivity contribution is 6.13. The van der Waals surface area contributed by atoms with E-state index in [-0.39, 0.29) is 34.9 Å². The molecule has 8 nitrogen and oxygen atoms in total. The minimum Gasteiger partial charge on any atom is -0.366 e. The molecule has 1 N–H and O–H groups in total. The van der Waals surface area contributed by atoms with Gasteiger partial charge in [0.25, 0.3) is 11.6 Å². The van der Waals surface area contributed by atoms with Crippen molar-refractivity contribution in [3.63, 3.8) is 0 Å². The fourth-order valence-corrected chi connectivity index (χ4v) is 5.05. The zero-order chi connectivity index (χ0) is 25.5. The smallest absolute Gasteiger partial charge is 0.329 e. The molecule has 2 aliphatic rings. The largest absolute Gasteiger partial charge is 0.366 e. The van der Waals surface area contributed by atoms with Crippen LogP contribution in [-0.2, 0) is 11.3 Å². The normalized spacial score (nSPS) is 20.3. The first-order chi connectivity index (χ1) is 16.5. The van der Waals surface area contributed by atoms with E-state index in [1.54, 1.807) is 6.07 Å². The van der Waals surface area contributed by atoms with Crippen molar-refractivity contribution in [3.05, 3.63) is 74.7 Å². The summed E-state index contributed by atoms with van der Waals surface area (Å²) in [4.78, 5) is 38.9. The molecular formula is C26H29FN4O4. The summed E-state index contributed by atoms with van der Waals surface area (Å²) in [5.41, 5.74) is 2.51. The van der Waals surface area contributed by atoms with Crippen molar-refractivity contribution in [1.29, 1.82) is 0 Å². The molecule has 184 valence electrons. The van der Waals surface area contributed by atoms with Crippen molar-refractivity contribution in [1.82, 2.24) is 10.2 Å². The van der Waals surface area contributed by atoms with Gasteiger partial charge in [0.05, 0.1) is 11.5 Å². The van der Waals surface area contributed by atoms with E-state index >= 15 is 4.39 Å². The van der Waals surface area contributed by atoms with Gasteiger partial charge in [-0.2, -0.15) is 0 Å². The number of carbonyl (C=O) groups is 2. The van der Waals surface area contributed by atoms with Crippen LogP contribution in [0.2, 0.25) is 0 Å². The average Bonchev–Trinajstić information content (AvgIpc) is 3.05. The van der Waals surface area contributed by atoms with Gasteiger partial charge in [-0.05, 0) is 61.9 Å². The van der Waals surface area contributed by atoms with Crippen LogP contribution < -0.4 is 10.2 Å². The molecule has 4 rings (SSSR count). The van der Waals surface area contributed by atoms with E-state index in [2.05, 4.69) is 37.9 Å². The highest BCUT2D eigenvalue weighted by atomic mass is 19.1. The SMILES string of the molecule is CCCN1c2cc(F)c(/C=C3/NC(=O)N(Cc4ccc([N+](=O)[O-])cc4)C3=O)cc2C(C)CC1(C)C. The number of halogens is 1. The average molecular weight is 481 g/mol. The lowest BCUT2D eigenvalue weighted by Crippen LogP contribution is -2.48. The minimum absolute atomic E-state index is 0.00929. The Morgan fingerprint density at radius 1 is 1.23 bits per heavy atom. The number of carbonyl (C=O) groups excluding carboxylic acids is 2. The maximum absolute atomic E-state index is 15.2. The maximum atomic E-state index is 15.2. The molecule has 35 heavy (non-hydrogen) atoms. The van der Waals surface area contributed by atoms with Crippen molar-refractivity contribution < 1.29 is 18.9 Å². The van der Waals surface area contributed by atoms with E-state index in [4.69, 9.17) is 0 Å². The van der Waals surface area contributed by atoms with Gasteiger partial charge in [-0.15, -0.1) is 0 Å². The lowest BCUT2D eigenvalue weighted by atomic mass is 9.79. The van der Waals surface area contributed by atoms with E-state index in [0.29, 0.717) is 5.56 Å². The summed E-state index contributed by atoms with van der Waals surface area (Å²) in [7, 11) is 0. The quantitative estimate of drug-likeness (QED) is 0.261. The number of urea groups is 1. The van der Waals surface area contributed by atoms with Gasteiger partial charge in [0.2, 0.25) is 0 Å². The lowest BCUT2D eigenvalue weighted by Gasteiger charge is -2.47. The minimum atomic E-state index is -0.623. The van der Waals surface area contributed by atoms with E-state index in [1.165, 1.54) is 36.4 Å². The Balaban J connectivity index is 1.61. The Hall–Kier alpha value is -3.75. The number of imide groups is 1. The molecule has 2 aliphatic heterocycles. The van der Waals surface area contributed by atoms with Gasteiger partial charge in [0, 0.05) is 35.5 Å². The number of benzene rings is 2. The second kappa shape index (κ2) is 9.13.